The molecule has 1 aliphatic rings. The summed E-state index contributed by atoms with van der Waals surface area (Å²) in [6, 6.07) is 0. The molecule has 4 heteroatoms. The lowest BCUT2D eigenvalue weighted by molar-refractivity contribution is -0.154. The second-order valence-electron chi connectivity index (χ2n) is 6.13. The van der Waals surface area contributed by atoms with Crippen molar-refractivity contribution >= 4 is 11.9 Å². The molecule has 1 fully saturated rings. The molecule has 0 bridgehead atoms. The van der Waals surface area contributed by atoms with Gasteiger partial charge >= 0.3 is 11.9 Å². The van der Waals surface area contributed by atoms with Gasteiger partial charge in [0.05, 0.1) is 25.6 Å². The van der Waals surface area contributed by atoms with Crippen LogP contribution in [-0.4, -0.2) is 24.6 Å². The van der Waals surface area contributed by atoms with Crippen LogP contribution in [0.15, 0.2) is 0 Å². The Labute approximate surface area is 128 Å². The fraction of sp³-hybridized carbons (Fsp3) is 0.882. The lowest BCUT2D eigenvalue weighted by Crippen LogP contribution is -2.19. The van der Waals surface area contributed by atoms with E-state index in [4.69, 9.17) is 9.47 Å². The SMILES string of the molecule is CCCCC(C)OC(=O)CCC(=O)OCC1CCCCC1. The summed E-state index contributed by atoms with van der Waals surface area (Å²) in [5, 5.41) is 0. The van der Waals surface area contributed by atoms with Crippen molar-refractivity contribution in [2.45, 2.75) is 84.2 Å². The van der Waals surface area contributed by atoms with Crippen LogP contribution in [0.3, 0.4) is 0 Å². The minimum absolute atomic E-state index is 0.0595. The lowest BCUT2D eigenvalue weighted by atomic mass is 9.90. The summed E-state index contributed by atoms with van der Waals surface area (Å²) in [6.45, 7) is 4.52. The molecule has 0 aromatic heterocycles. The molecule has 21 heavy (non-hydrogen) atoms. The van der Waals surface area contributed by atoms with E-state index in [0.717, 1.165) is 32.1 Å². The van der Waals surface area contributed by atoms with Crippen LogP contribution >= 0.6 is 0 Å². The summed E-state index contributed by atoms with van der Waals surface area (Å²) in [5.41, 5.74) is 0. The smallest absolute Gasteiger partial charge is 0.306 e. The molecule has 122 valence electrons. The number of hydrogen-bond donors (Lipinski definition) is 0. The molecule has 0 aromatic carbocycles. The highest BCUT2D eigenvalue weighted by molar-refractivity contribution is 5.77. The molecule has 0 heterocycles. The van der Waals surface area contributed by atoms with Crippen molar-refractivity contribution < 1.29 is 19.1 Å². The van der Waals surface area contributed by atoms with Crippen LogP contribution in [-0.2, 0) is 19.1 Å². The van der Waals surface area contributed by atoms with Gasteiger partial charge in [0, 0.05) is 0 Å². The summed E-state index contributed by atoms with van der Waals surface area (Å²) in [4.78, 5) is 23.2. The molecule has 0 aromatic rings. The van der Waals surface area contributed by atoms with Crippen LogP contribution < -0.4 is 0 Å². The van der Waals surface area contributed by atoms with Crippen LogP contribution in [0, 0.1) is 5.92 Å². The average molecular weight is 298 g/mol. The molecule has 4 nitrogen and oxygen atoms in total. The van der Waals surface area contributed by atoms with E-state index in [0.29, 0.717) is 12.5 Å². The van der Waals surface area contributed by atoms with E-state index in [1.807, 2.05) is 6.92 Å². The number of carbonyl (C=O) groups is 2. The quantitative estimate of drug-likeness (QED) is 0.603. The molecule has 0 radical (unpaired) electrons. The first-order valence-corrected chi connectivity index (χ1v) is 8.47. The monoisotopic (exact) mass is 298 g/mol. The first-order chi connectivity index (χ1) is 10.1. The third kappa shape index (κ3) is 8.74. The van der Waals surface area contributed by atoms with Crippen molar-refractivity contribution in [1.82, 2.24) is 0 Å². The van der Waals surface area contributed by atoms with Crippen LogP contribution in [0.1, 0.15) is 78.1 Å². The zero-order chi connectivity index (χ0) is 15.5. The van der Waals surface area contributed by atoms with E-state index in [1.165, 1.54) is 19.3 Å². The molecule has 0 N–H and O–H groups in total. The molecule has 1 saturated carbocycles. The van der Waals surface area contributed by atoms with Crippen molar-refractivity contribution in [2.24, 2.45) is 5.92 Å². The van der Waals surface area contributed by atoms with E-state index in [2.05, 4.69) is 6.92 Å². The maximum Gasteiger partial charge on any atom is 0.306 e. The highest BCUT2D eigenvalue weighted by Gasteiger charge is 2.16. The van der Waals surface area contributed by atoms with E-state index >= 15 is 0 Å². The van der Waals surface area contributed by atoms with Crippen molar-refractivity contribution in [1.29, 1.82) is 0 Å². The average Bonchev–Trinajstić information content (AvgIpc) is 2.50. The van der Waals surface area contributed by atoms with Gasteiger partial charge < -0.3 is 9.47 Å². The number of hydrogen-bond acceptors (Lipinski definition) is 4. The van der Waals surface area contributed by atoms with Gasteiger partial charge in [-0.1, -0.05) is 39.0 Å². The summed E-state index contributed by atoms with van der Waals surface area (Å²) < 4.78 is 10.5. The Hall–Kier alpha value is -1.06. The Bertz CT molecular complexity index is 308. The zero-order valence-electron chi connectivity index (χ0n) is 13.6. The van der Waals surface area contributed by atoms with E-state index in [9.17, 15) is 9.59 Å². The molecule has 1 unspecified atom stereocenters. The van der Waals surface area contributed by atoms with Crippen molar-refractivity contribution in [2.75, 3.05) is 6.61 Å². The van der Waals surface area contributed by atoms with Crippen molar-refractivity contribution in [3.05, 3.63) is 0 Å². The van der Waals surface area contributed by atoms with E-state index < -0.39 is 0 Å². The van der Waals surface area contributed by atoms with Gasteiger partial charge in [-0.25, -0.2) is 0 Å². The Morgan fingerprint density at radius 2 is 1.76 bits per heavy atom. The first-order valence-electron chi connectivity index (χ1n) is 8.47. The standard InChI is InChI=1S/C17H30O4/c1-3-4-8-14(2)21-17(19)12-11-16(18)20-13-15-9-6-5-7-10-15/h14-15H,3-13H2,1-2H3. The highest BCUT2D eigenvalue weighted by Crippen LogP contribution is 2.23. The number of carbonyl (C=O) groups excluding carboxylic acids is 2. The molecule has 1 atom stereocenters. The molecule has 1 rings (SSSR count). The number of ether oxygens (including phenoxy) is 2. The van der Waals surface area contributed by atoms with Crippen molar-refractivity contribution in [3.8, 4) is 0 Å². The minimum atomic E-state index is -0.298. The van der Waals surface area contributed by atoms with Crippen LogP contribution in [0.5, 0.6) is 0 Å². The zero-order valence-corrected chi connectivity index (χ0v) is 13.6. The van der Waals surface area contributed by atoms with Gasteiger partial charge in [0.15, 0.2) is 0 Å². The predicted molar refractivity (Wildman–Crippen MR) is 81.8 cm³/mol. The number of esters is 2. The topological polar surface area (TPSA) is 52.6 Å². The summed E-state index contributed by atoms with van der Waals surface area (Å²) in [7, 11) is 0. The number of rotatable bonds is 9. The summed E-state index contributed by atoms with van der Waals surface area (Å²) in [5.74, 6) is -0.0596. The Morgan fingerprint density at radius 1 is 1.10 bits per heavy atom. The van der Waals surface area contributed by atoms with Crippen LogP contribution in [0.4, 0.5) is 0 Å². The Balaban J connectivity index is 2.07. The Morgan fingerprint density at radius 3 is 2.43 bits per heavy atom. The lowest BCUT2D eigenvalue weighted by Gasteiger charge is -2.21. The van der Waals surface area contributed by atoms with Crippen molar-refractivity contribution in [3.63, 3.8) is 0 Å². The minimum Gasteiger partial charge on any atom is -0.465 e. The first kappa shape index (κ1) is 18.0. The molecule has 0 aliphatic heterocycles. The van der Waals surface area contributed by atoms with Gasteiger partial charge in [-0.3, -0.25) is 9.59 Å². The van der Waals surface area contributed by atoms with Gasteiger partial charge in [0.1, 0.15) is 0 Å². The van der Waals surface area contributed by atoms with E-state index in [1.54, 1.807) is 0 Å². The van der Waals surface area contributed by atoms with Gasteiger partial charge in [0.25, 0.3) is 0 Å². The third-order valence-corrected chi connectivity index (χ3v) is 4.03. The van der Waals surface area contributed by atoms with Crippen LogP contribution in [0.2, 0.25) is 0 Å². The Kier molecular flexibility index (Phi) is 9.11. The maximum atomic E-state index is 11.6. The largest absolute Gasteiger partial charge is 0.465 e. The van der Waals surface area contributed by atoms with Gasteiger partial charge in [-0.15, -0.1) is 0 Å². The second-order valence-corrected chi connectivity index (χ2v) is 6.13. The van der Waals surface area contributed by atoms with Gasteiger partial charge in [-0.2, -0.15) is 0 Å². The second kappa shape index (κ2) is 10.6. The molecular formula is C17H30O4. The molecule has 0 amide bonds. The maximum absolute atomic E-state index is 11.6. The highest BCUT2D eigenvalue weighted by atomic mass is 16.5. The predicted octanol–water partition coefficient (Wildman–Crippen LogP) is 4.01. The van der Waals surface area contributed by atoms with Crippen LogP contribution in [0.25, 0.3) is 0 Å². The fourth-order valence-electron chi connectivity index (χ4n) is 2.67. The van der Waals surface area contributed by atoms with Gasteiger partial charge in [-0.05, 0) is 32.1 Å². The van der Waals surface area contributed by atoms with E-state index in [-0.39, 0.29) is 30.9 Å². The molecule has 0 saturated heterocycles. The molecule has 1 aliphatic carbocycles. The normalized spacial score (nSPS) is 17.2. The molecular weight excluding hydrogens is 268 g/mol. The van der Waals surface area contributed by atoms with Gasteiger partial charge in [0.2, 0.25) is 0 Å². The fourth-order valence-corrected chi connectivity index (χ4v) is 2.67. The third-order valence-electron chi connectivity index (χ3n) is 4.03. The summed E-state index contributed by atoms with van der Waals surface area (Å²) >= 11 is 0. The summed E-state index contributed by atoms with van der Waals surface area (Å²) in [6.07, 6.45) is 9.32. The molecule has 0 spiro atoms. The number of unbranched alkanes of at least 4 members (excludes halogenated alkanes) is 1.